The Labute approximate surface area is 106 Å². The van der Waals surface area contributed by atoms with Gasteiger partial charge in [-0.3, -0.25) is 10.1 Å². The Hall–Kier alpha value is -1.91. The first-order valence-electron chi connectivity index (χ1n) is 5.63. The summed E-state index contributed by atoms with van der Waals surface area (Å²) in [6.07, 6.45) is 0.769. The Bertz CT molecular complexity index is 425. The lowest BCUT2D eigenvalue weighted by Gasteiger charge is -2.26. The minimum Gasteiger partial charge on any atom is -0.497 e. The number of nitro groups is 1. The summed E-state index contributed by atoms with van der Waals surface area (Å²) in [6, 6.07) is 7.00. The molecule has 0 aromatic heterocycles. The van der Waals surface area contributed by atoms with E-state index < -0.39 is 11.3 Å². The van der Waals surface area contributed by atoms with Crippen molar-refractivity contribution in [3.63, 3.8) is 0 Å². The standard InChI is InChI=1S/C13H17NO4/c1-13(2,9-15)12(8-14(16)17)10-4-6-11(18-3)7-5-10/h4-7,9,12H,8H2,1-3H3. The SMILES string of the molecule is COc1ccc(C(C[N+](=O)[O-])C(C)(C)C=O)cc1. The topological polar surface area (TPSA) is 69.4 Å². The summed E-state index contributed by atoms with van der Waals surface area (Å²) >= 11 is 0. The molecule has 0 saturated carbocycles. The van der Waals surface area contributed by atoms with Crippen LogP contribution in [0.5, 0.6) is 5.75 Å². The first-order chi connectivity index (χ1) is 8.40. The lowest BCUT2D eigenvalue weighted by atomic mass is 9.76. The van der Waals surface area contributed by atoms with Crippen LogP contribution in [0, 0.1) is 15.5 Å². The summed E-state index contributed by atoms with van der Waals surface area (Å²) in [5.41, 5.74) is -0.00798. The van der Waals surface area contributed by atoms with Gasteiger partial charge in [0.1, 0.15) is 12.0 Å². The summed E-state index contributed by atoms with van der Waals surface area (Å²) in [7, 11) is 1.55. The highest BCUT2D eigenvalue weighted by Crippen LogP contribution is 2.34. The second kappa shape index (κ2) is 5.62. The molecule has 0 radical (unpaired) electrons. The van der Waals surface area contributed by atoms with Crippen LogP contribution in [0.15, 0.2) is 24.3 Å². The molecule has 0 N–H and O–H groups in total. The number of hydrogen-bond donors (Lipinski definition) is 0. The Morgan fingerprint density at radius 1 is 1.39 bits per heavy atom. The van der Waals surface area contributed by atoms with Crippen LogP contribution in [0.25, 0.3) is 0 Å². The van der Waals surface area contributed by atoms with Crippen molar-refractivity contribution in [1.82, 2.24) is 0 Å². The summed E-state index contributed by atoms with van der Waals surface area (Å²) in [5, 5.41) is 10.7. The van der Waals surface area contributed by atoms with Gasteiger partial charge in [0.25, 0.3) is 0 Å². The first kappa shape index (κ1) is 14.2. The van der Waals surface area contributed by atoms with E-state index in [1.165, 1.54) is 0 Å². The summed E-state index contributed by atoms with van der Waals surface area (Å²) in [5.74, 6) is 0.235. The van der Waals surface area contributed by atoms with E-state index >= 15 is 0 Å². The number of ether oxygens (including phenoxy) is 1. The number of hydrogen-bond acceptors (Lipinski definition) is 4. The molecule has 1 aromatic carbocycles. The van der Waals surface area contributed by atoms with Crippen LogP contribution >= 0.6 is 0 Å². The predicted octanol–water partition coefficient (Wildman–Crippen LogP) is 2.28. The van der Waals surface area contributed by atoms with Gasteiger partial charge in [-0.2, -0.15) is 0 Å². The van der Waals surface area contributed by atoms with Crippen LogP contribution in [0.3, 0.4) is 0 Å². The number of carbonyl (C=O) groups excluding carboxylic acids is 1. The highest BCUT2D eigenvalue weighted by molar-refractivity contribution is 5.60. The van der Waals surface area contributed by atoms with E-state index in [4.69, 9.17) is 4.74 Å². The fourth-order valence-electron chi connectivity index (χ4n) is 1.84. The monoisotopic (exact) mass is 251 g/mol. The molecule has 0 amide bonds. The van der Waals surface area contributed by atoms with E-state index in [0.29, 0.717) is 5.75 Å². The summed E-state index contributed by atoms with van der Waals surface area (Å²) in [6.45, 7) is 3.15. The fraction of sp³-hybridized carbons (Fsp3) is 0.462. The third-order valence-electron chi connectivity index (χ3n) is 3.05. The number of carbonyl (C=O) groups is 1. The smallest absolute Gasteiger partial charge is 0.211 e. The number of rotatable bonds is 6. The Balaban J connectivity index is 3.08. The number of aldehydes is 1. The first-order valence-corrected chi connectivity index (χ1v) is 5.63. The highest BCUT2D eigenvalue weighted by atomic mass is 16.6. The molecule has 0 aliphatic carbocycles. The van der Waals surface area contributed by atoms with E-state index in [2.05, 4.69) is 0 Å². The largest absolute Gasteiger partial charge is 0.497 e. The Morgan fingerprint density at radius 2 is 1.94 bits per heavy atom. The molecule has 0 aliphatic heterocycles. The predicted molar refractivity (Wildman–Crippen MR) is 67.4 cm³/mol. The van der Waals surface area contributed by atoms with Crippen molar-refractivity contribution < 1.29 is 14.5 Å². The quantitative estimate of drug-likeness (QED) is 0.442. The molecular weight excluding hydrogens is 234 g/mol. The van der Waals surface area contributed by atoms with Gasteiger partial charge >= 0.3 is 0 Å². The fourth-order valence-corrected chi connectivity index (χ4v) is 1.84. The van der Waals surface area contributed by atoms with Crippen molar-refractivity contribution in [1.29, 1.82) is 0 Å². The molecule has 0 bridgehead atoms. The van der Waals surface area contributed by atoms with Gasteiger partial charge in [0.05, 0.1) is 13.0 Å². The van der Waals surface area contributed by atoms with E-state index in [1.54, 1.807) is 45.2 Å². The van der Waals surface area contributed by atoms with Crippen LogP contribution in [-0.4, -0.2) is 24.9 Å². The minimum atomic E-state index is -0.776. The van der Waals surface area contributed by atoms with Gasteiger partial charge in [0.2, 0.25) is 6.54 Å². The molecule has 1 rings (SSSR count). The van der Waals surface area contributed by atoms with Crippen molar-refractivity contribution >= 4 is 6.29 Å². The van der Waals surface area contributed by atoms with E-state index in [0.717, 1.165) is 11.8 Å². The number of methoxy groups -OCH3 is 1. The van der Waals surface area contributed by atoms with Crippen LogP contribution in [-0.2, 0) is 4.79 Å². The Kier molecular flexibility index (Phi) is 4.42. The molecule has 0 spiro atoms. The van der Waals surface area contributed by atoms with Gasteiger partial charge in [-0.25, -0.2) is 0 Å². The van der Waals surface area contributed by atoms with Gasteiger partial charge in [-0.05, 0) is 17.7 Å². The average Bonchev–Trinajstić information content (AvgIpc) is 2.36. The zero-order valence-corrected chi connectivity index (χ0v) is 10.8. The highest BCUT2D eigenvalue weighted by Gasteiger charge is 2.34. The molecule has 1 aromatic rings. The molecule has 0 saturated heterocycles. The maximum atomic E-state index is 11.1. The van der Waals surface area contributed by atoms with Crippen molar-refractivity contribution in [2.75, 3.05) is 13.7 Å². The normalized spacial score (nSPS) is 12.8. The zero-order chi connectivity index (χ0) is 13.8. The molecule has 5 heteroatoms. The minimum absolute atomic E-state index is 0.266. The van der Waals surface area contributed by atoms with Crippen molar-refractivity contribution in [3.8, 4) is 5.75 Å². The second-order valence-corrected chi connectivity index (χ2v) is 4.78. The molecule has 1 atom stereocenters. The summed E-state index contributed by atoms with van der Waals surface area (Å²) in [4.78, 5) is 21.4. The molecule has 1 unspecified atom stereocenters. The van der Waals surface area contributed by atoms with E-state index in [-0.39, 0.29) is 11.5 Å². The molecule has 0 aliphatic rings. The number of nitrogens with zero attached hydrogens (tertiary/aromatic N) is 1. The van der Waals surface area contributed by atoms with Crippen molar-refractivity contribution in [3.05, 3.63) is 39.9 Å². The third-order valence-corrected chi connectivity index (χ3v) is 3.05. The van der Waals surface area contributed by atoms with Gasteiger partial charge in [0.15, 0.2) is 0 Å². The van der Waals surface area contributed by atoms with Crippen molar-refractivity contribution in [2.24, 2.45) is 5.41 Å². The summed E-state index contributed by atoms with van der Waals surface area (Å²) < 4.78 is 5.04. The zero-order valence-electron chi connectivity index (χ0n) is 10.8. The van der Waals surface area contributed by atoms with Crippen LogP contribution < -0.4 is 4.74 Å². The van der Waals surface area contributed by atoms with Gasteiger partial charge in [-0.15, -0.1) is 0 Å². The number of benzene rings is 1. The van der Waals surface area contributed by atoms with Crippen LogP contribution in [0.4, 0.5) is 0 Å². The molecule has 0 heterocycles. The van der Waals surface area contributed by atoms with Gasteiger partial charge in [0, 0.05) is 10.3 Å². The van der Waals surface area contributed by atoms with E-state index in [1.807, 2.05) is 0 Å². The average molecular weight is 251 g/mol. The van der Waals surface area contributed by atoms with Gasteiger partial charge < -0.3 is 9.53 Å². The lowest BCUT2D eigenvalue weighted by molar-refractivity contribution is -0.485. The Morgan fingerprint density at radius 3 is 2.33 bits per heavy atom. The van der Waals surface area contributed by atoms with Crippen LogP contribution in [0.2, 0.25) is 0 Å². The van der Waals surface area contributed by atoms with Crippen LogP contribution in [0.1, 0.15) is 25.3 Å². The third kappa shape index (κ3) is 3.29. The molecule has 18 heavy (non-hydrogen) atoms. The molecular formula is C13H17NO4. The second-order valence-electron chi connectivity index (χ2n) is 4.78. The lowest BCUT2D eigenvalue weighted by Crippen LogP contribution is -2.29. The molecule has 0 fully saturated rings. The van der Waals surface area contributed by atoms with Crippen molar-refractivity contribution in [2.45, 2.75) is 19.8 Å². The molecule has 98 valence electrons. The van der Waals surface area contributed by atoms with E-state index in [9.17, 15) is 14.9 Å². The van der Waals surface area contributed by atoms with Gasteiger partial charge in [-0.1, -0.05) is 26.0 Å². The molecule has 5 nitrogen and oxygen atoms in total. The maximum Gasteiger partial charge on any atom is 0.211 e. The maximum absolute atomic E-state index is 11.1.